The van der Waals surface area contributed by atoms with Gasteiger partial charge < -0.3 is 4.74 Å². The molecule has 1 aromatic rings. The Morgan fingerprint density at radius 3 is 2.20 bits per heavy atom. The molecule has 0 saturated heterocycles. The molecule has 0 atom stereocenters. The average molecular weight is 341 g/mol. The van der Waals surface area contributed by atoms with E-state index < -0.39 is 0 Å². The molecule has 0 spiro atoms. The fourth-order valence-electron chi connectivity index (χ4n) is 2.65. The van der Waals surface area contributed by atoms with Gasteiger partial charge in [0.05, 0.1) is 7.11 Å². The first-order valence-corrected chi connectivity index (χ1v) is 9.03. The third-order valence-corrected chi connectivity index (χ3v) is 4.23. The zero-order valence-electron chi connectivity index (χ0n) is 16.4. The Morgan fingerprint density at radius 2 is 1.60 bits per heavy atom. The topological polar surface area (TPSA) is 26.3 Å². The van der Waals surface area contributed by atoms with E-state index in [1.165, 1.54) is 16.7 Å². The van der Waals surface area contributed by atoms with Crippen LogP contribution < -0.4 is 4.74 Å². The number of methoxy groups -OCH3 is 1. The molecule has 1 aromatic carbocycles. The Bertz CT molecular complexity index is 644. The van der Waals surface area contributed by atoms with Gasteiger partial charge in [0, 0.05) is 5.56 Å². The minimum Gasteiger partial charge on any atom is -0.496 e. The predicted molar refractivity (Wildman–Crippen MR) is 107 cm³/mol. The molecule has 0 aliphatic carbocycles. The van der Waals surface area contributed by atoms with E-state index in [1.54, 1.807) is 13.2 Å². The van der Waals surface area contributed by atoms with Gasteiger partial charge in [-0.05, 0) is 83.6 Å². The van der Waals surface area contributed by atoms with Crippen LogP contribution in [0.4, 0.5) is 0 Å². The standard InChI is InChI=1S/C23H32O2/c1-18(2)8-6-9-19(3)10-7-11-20(4)12-14-22-16-21(17-24)13-15-23(22)25-5/h8,10,12-13,15-17H,6-7,9,11,14H2,1-5H3/b19-10+,20-12+. The molecule has 0 unspecified atom stereocenters. The highest BCUT2D eigenvalue weighted by Gasteiger charge is 2.03. The average Bonchev–Trinajstić information content (AvgIpc) is 2.59. The first-order valence-electron chi connectivity index (χ1n) is 9.03. The van der Waals surface area contributed by atoms with Gasteiger partial charge in [-0.15, -0.1) is 0 Å². The molecule has 0 aliphatic heterocycles. The number of hydrogen-bond donors (Lipinski definition) is 0. The number of carbonyl (C=O) groups is 1. The van der Waals surface area contributed by atoms with E-state index in [-0.39, 0.29) is 0 Å². The maximum atomic E-state index is 10.9. The number of benzene rings is 1. The van der Waals surface area contributed by atoms with E-state index >= 15 is 0 Å². The second-order valence-corrected chi connectivity index (χ2v) is 6.85. The van der Waals surface area contributed by atoms with Crippen molar-refractivity contribution in [2.24, 2.45) is 0 Å². The summed E-state index contributed by atoms with van der Waals surface area (Å²) in [6.45, 7) is 8.68. The number of ether oxygens (including phenoxy) is 1. The summed E-state index contributed by atoms with van der Waals surface area (Å²) >= 11 is 0. The Morgan fingerprint density at radius 1 is 0.960 bits per heavy atom. The quantitative estimate of drug-likeness (QED) is 0.360. The van der Waals surface area contributed by atoms with Crippen molar-refractivity contribution in [3.63, 3.8) is 0 Å². The molecule has 0 radical (unpaired) electrons. The molecular weight excluding hydrogens is 308 g/mol. The summed E-state index contributed by atoms with van der Waals surface area (Å²) < 4.78 is 5.38. The van der Waals surface area contributed by atoms with Crippen molar-refractivity contribution in [2.75, 3.05) is 7.11 Å². The highest BCUT2D eigenvalue weighted by Crippen LogP contribution is 2.21. The SMILES string of the molecule is COc1ccc(C=O)cc1C/C=C(\C)CC/C=C(\C)CCC=C(C)C. The maximum absolute atomic E-state index is 10.9. The normalized spacial score (nSPS) is 12.0. The van der Waals surface area contributed by atoms with Gasteiger partial charge in [0.2, 0.25) is 0 Å². The van der Waals surface area contributed by atoms with Gasteiger partial charge in [0.15, 0.2) is 0 Å². The zero-order valence-corrected chi connectivity index (χ0v) is 16.4. The molecule has 136 valence electrons. The molecule has 0 N–H and O–H groups in total. The Balaban J connectivity index is 2.54. The van der Waals surface area contributed by atoms with E-state index in [9.17, 15) is 4.79 Å². The lowest BCUT2D eigenvalue weighted by Gasteiger charge is -2.08. The predicted octanol–water partition coefficient (Wildman–Crippen LogP) is 6.47. The molecule has 0 aliphatic rings. The van der Waals surface area contributed by atoms with Crippen LogP contribution in [-0.4, -0.2) is 13.4 Å². The van der Waals surface area contributed by atoms with Gasteiger partial charge >= 0.3 is 0 Å². The number of rotatable bonds is 10. The third kappa shape index (κ3) is 8.53. The Labute approximate surface area is 153 Å². The lowest BCUT2D eigenvalue weighted by Crippen LogP contribution is -1.93. The van der Waals surface area contributed by atoms with Crippen molar-refractivity contribution in [1.29, 1.82) is 0 Å². The number of aldehydes is 1. The molecule has 0 saturated carbocycles. The van der Waals surface area contributed by atoms with Gasteiger partial charge in [-0.2, -0.15) is 0 Å². The van der Waals surface area contributed by atoms with Crippen LogP contribution in [-0.2, 0) is 6.42 Å². The van der Waals surface area contributed by atoms with E-state index in [2.05, 4.69) is 45.9 Å². The van der Waals surface area contributed by atoms with Crippen LogP contribution in [0.25, 0.3) is 0 Å². The summed E-state index contributed by atoms with van der Waals surface area (Å²) in [6, 6.07) is 5.55. The number of allylic oxidation sites excluding steroid dienone is 6. The van der Waals surface area contributed by atoms with Crippen molar-refractivity contribution in [3.05, 3.63) is 64.3 Å². The second-order valence-electron chi connectivity index (χ2n) is 6.85. The van der Waals surface area contributed by atoms with Crippen molar-refractivity contribution >= 4 is 6.29 Å². The van der Waals surface area contributed by atoms with Crippen molar-refractivity contribution in [2.45, 2.75) is 59.8 Å². The van der Waals surface area contributed by atoms with Gasteiger partial charge in [-0.25, -0.2) is 0 Å². The highest BCUT2D eigenvalue weighted by molar-refractivity contribution is 5.75. The number of hydrogen-bond acceptors (Lipinski definition) is 2. The van der Waals surface area contributed by atoms with Gasteiger partial charge in [-0.1, -0.05) is 34.9 Å². The van der Waals surface area contributed by atoms with E-state index in [1.807, 2.05) is 12.1 Å². The Kier molecular flexibility index (Phi) is 9.61. The van der Waals surface area contributed by atoms with Gasteiger partial charge in [0.1, 0.15) is 12.0 Å². The minimum absolute atomic E-state index is 0.691. The molecule has 25 heavy (non-hydrogen) atoms. The zero-order chi connectivity index (χ0) is 18.7. The summed E-state index contributed by atoms with van der Waals surface area (Å²) in [5, 5.41) is 0. The molecule has 0 amide bonds. The first kappa shape index (κ1) is 21.0. The summed E-state index contributed by atoms with van der Waals surface area (Å²) in [6.07, 6.45) is 13.0. The van der Waals surface area contributed by atoms with E-state index in [0.29, 0.717) is 5.56 Å². The second kappa shape index (κ2) is 11.5. The van der Waals surface area contributed by atoms with Crippen molar-refractivity contribution in [3.8, 4) is 5.75 Å². The summed E-state index contributed by atoms with van der Waals surface area (Å²) in [7, 11) is 1.67. The minimum atomic E-state index is 0.691. The van der Waals surface area contributed by atoms with Crippen LogP contribution in [0, 0.1) is 0 Å². The lowest BCUT2D eigenvalue weighted by molar-refractivity contribution is 0.112. The molecule has 2 nitrogen and oxygen atoms in total. The Hall–Kier alpha value is -2.09. The first-order chi connectivity index (χ1) is 12.0. The molecule has 1 rings (SSSR count). The van der Waals surface area contributed by atoms with Crippen LogP contribution >= 0.6 is 0 Å². The van der Waals surface area contributed by atoms with Gasteiger partial charge in [-0.3, -0.25) is 4.79 Å². The van der Waals surface area contributed by atoms with Crippen LogP contribution in [0.2, 0.25) is 0 Å². The van der Waals surface area contributed by atoms with Crippen LogP contribution in [0.3, 0.4) is 0 Å². The maximum Gasteiger partial charge on any atom is 0.150 e. The molecular formula is C23H32O2. The third-order valence-electron chi connectivity index (χ3n) is 4.23. The van der Waals surface area contributed by atoms with Crippen molar-refractivity contribution < 1.29 is 9.53 Å². The van der Waals surface area contributed by atoms with E-state index in [4.69, 9.17) is 4.74 Å². The van der Waals surface area contributed by atoms with Crippen LogP contribution in [0.1, 0.15) is 69.3 Å². The summed E-state index contributed by atoms with van der Waals surface area (Å²) in [5.41, 5.74) is 5.97. The summed E-state index contributed by atoms with van der Waals surface area (Å²) in [5.74, 6) is 0.838. The molecule has 0 fully saturated rings. The molecule has 0 bridgehead atoms. The van der Waals surface area contributed by atoms with Crippen LogP contribution in [0.15, 0.2) is 53.1 Å². The monoisotopic (exact) mass is 340 g/mol. The molecule has 2 heteroatoms. The highest BCUT2D eigenvalue weighted by atomic mass is 16.5. The smallest absolute Gasteiger partial charge is 0.150 e. The van der Waals surface area contributed by atoms with Crippen LogP contribution in [0.5, 0.6) is 5.75 Å². The lowest BCUT2D eigenvalue weighted by atomic mass is 10.0. The fraction of sp³-hybridized carbons (Fsp3) is 0.435. The van der Waals surface area contributed by atoms with Crippen molar-refractivity contribution in [1.82, 2.24) is 0 Å². The largest absolute Gasteiger partial charge is 0.496 e. The molecule has 0 heterocycles. The van der Waals surface area contributed by atoms with E-state index in [0.717, 1.165) is 49.7 Å². The molecule has 0 aromatic heterocycles. The summed E-state index contributed by atoms with van der Waals surface area (Å²) in [4.78, 5) is 10.9. The number of carbonyl (C=O) groups excluding carboxylic acids is 1. The fourth-order valence-corrected chi connectivity index (χ4v) is 2.65. The van der Waals surface area contributed by atoms with Gasteiger partial charge in [0.25, 0.3) is 0 Å².